The minimum Gasteiger partial charge on any atom is -0.486 e. The largest absolute Gasteiger partial charge is 0.486 e. The summed E-state index contributed by atoms with van der Waals surface area (Å²) in [6, 6.07) is 8.79. The molecule has 0 radical (unpaired) electrons. The summed E-state index contributed by atoms with van der Waals surface area (Å²) in [7, 11) is 0. The number of ether oxygens (including phenoxy) is 1. The maximum atomic E-state index is 9.10. The maximum absolute atomic E-state index is 9.10. The summed E-state index contributed by atoms with van der Waals surface area (Å²) in [5.41, 5.74) is 1.61. The van der Waals surface area contributed by atoms with E-state index in [9.17, 15) is 0 Å². The van der Waals surface area contributed by atoms with Crippen molar-refractivity contribution in [2.45, 2.75) is 69.3 Å². The SMILES string of the molecule is O=C(O)C(=O)O.c1ccc2c(c1)O[C@@]1(CCCN3CCCCC3)CCCC[C@@H]21. The quantitative estimate of drug-likeness (QED) is 0.760. The molecular weight excluding hydrogens is 358 g/mol. The second kappa shape index (κ2) is 9.41. The van der Waals surface area contributed by atoms with Gasteiger partial charge >= 0.3 is 11.9 Å². The van der Waals surface area contributed by atoms with Crippen LogP contribution in [0.2, 0.25) is 0 Å². The van der Waals surface area contributed by atoms with Crippen molar-refractivity contribution in [3.05, 3.63) is 29.8 Å². The van der Waals surface area contributed by atoms with Crippen LogP contribution in [0, 0.1) is 0 Å². The molecule has 0 bridgehead atoms. The zero-order chi connectivity index (χ0) is 20.0. The van der Waals surface area contributed by atoms with Crippen molar-refractivity contribution in [1.29, 1.82) is 0 Å². The number of fused-ring (bicyclic) bond motifs is 3. The molecule has 0 amide bonds. The number of likely N-dealkylation sites (tertiary alicyclic amines) is 1. The standard InChI is InChI=1S/C20H29NO.C2H2O4/c1-6-14-21(15-7-1)16-8-13-20-12-5-4-10-18(20)17-9-2-3-11-19(17)22-20;3-1(4)2(5)6/h2-3,9,11,18H,1,4-8,10,12-16H2;(H,3,4)(H,5,6)/t18-,20+;/m0./s1. The molecule has 0 aromatic heterocycles. The first-order valence-corrected chi connectivity index (χ1v) is 10.5. The molecule has 2 heterocycles. The van der Waals surface area contributed by atoms with Crippen LogP contribution in [-0.2, 0) is 9.59 Å². The number of aliphatic carboxylic acids is 2. The topological polar surface area (TPSA) is 87.1 Å². The van der Waals surface area contributed by atoms with Crippen molar-refractivity contribution in [1.82, 2.24) is 4.90 Å². The Morgan fingerprint density at radius 3 is 2.46 bits per heavy atom. The molecule has 6 heteroatoms. The van der Waals surface area contributed by atoms with E-state index in [1.807, 2.05) is 0 Å². The second-order valence-corrected chi connectivity index (χ2v) is 8.12. The highest BCUT2D eigenvalue weighted by Crippen LogP contribution is 2.53. The van der Waals surface area contributed by atoms with Crippen LogP contribution >= 0.6 is 0 Å². The zero-order valence-corrected chi connectivity index (χ0v) is 16.4. The summed E-state index contributed by atoms with van der Waals surface area (Å²) in [4.78, 5) is 20.9. The van der Waals surface area contributed by atoms with Gasteiger partial charge in [0.05, 0.1) is 0 Å². The van der Waals surface area contributed by atoms with E-state index in [0.717, 1.165) is 0 Å². The van der Waals surface area contributed by atoms with Gasteiger partial charge in [0.2, 0.25) is 0 Å². The number of carboxylic acid groups (broad SMARTS) is 2. The summed E-state index contributed by atoms with van der Waals surface area (Å²) >= 11 is 0. The molecule has 1 aromatic carbocycles. The molecule has 1 aromatic rings. The van der Waals surface area contributed by atoms with E-state index in [2.05, 4.69) is 29.2 Å². The first-order valence-electron chi connectivity index (χ1n) is 10.5. The Balaban J connectivity index is 0.000000330. The third-order valence-electron chi connectivity index (χ3n) is 6.29. The average molecular weight is 389 g/mol. The van der Waals surface area contributed by atoms with Crippen LogP contribution in [-0.4, -0.2) is 52.3 Å². The number of carboxylic acids is 2. The number of rotatable bonds is 4. The van der Waals surface area contributed by atoms with E-state index in [0.29, 0.717) is 5.92 Å². The Labute approximate surface area is 166 Å². The van der Waals surface area contributed by atoms with Gasteiger partial charge in [0.1, 0.15) is 11.4 Å². The third kappa shape index (κ3) is 4.85. The smallest absolute Gasteiger partial charge is 0.414 e. The molecule has 2 fully saturated rings. The van der Waals surface area contributed by atoms with Gasteiger partial charge in [0.25, 0.3) is 0 Å². The van der Waals surface area contributed by atoms with Crippen LogP contribution in [0.3, 0.4) is 0 Å². The zero-order valence-electron chi connectivity index (χ0n) is 16.4. The number of piperidine rings is 1. The predicted molar refractivity (Wildman–Crippen MR) is 106 cm³/mol. The lowest BCUT2D eigenvalue weighted by atomic mass is 9.71. The lowest BCUT2D eigenvalue weighted by molar-refractivity contribution is -0.159. The van der Waals surface area contributed by atoms with Crippen LogP contribution in [0.1, 0.15) is 69.3 Å². The predicted octanol–water partition coefficient (Wildman–Crippen LogP) is 3.90. The lowest BCUT2D eigenvalue weighted by Gasteiger charge is -2.39. The monoisotopic (exact) mass is 389 g/mol. The molecule has 3 aliphatic rings. The van der Waals surface area contributed by atoms with Crippen LogP contribution in [0.5, 0.6) is 5.75 Å². The van der Waals surface area contributed by atoms with Crippen molar-refractivity contribution in [2.24, 2.45) is 0 Å². The van der Waals surface area contributed by atoms with E-state index in [-0.39, 0.29) is 5.60 Å². The van der Waals surface area contributed by atoms with E-state index < -0.39 is 11.9 Å². The fourth-order valence-corrected chi connectivity index (χ4v) is 4.99. The Hall–Kier alpha value is -2.08. The average Bonchev–Trinajstić information content (AvgIpc) is 3.03. The Morgan fingerprint density at radius 2 is 1.75 bits per heavy atom. The van der Waals surface area contributed by atoms with Crippen molar-refractivity contribution < 1.29 is 24.5 Å². The molecule has 154 valence electrons. The molecular formula is C22H31NO5. The van der Waals surface area contributed by atoms with Gasteiger partial charge < -0.3 is 19.8 Å². The molecule has 2 aliphatic heterocycles. The minimum atomic E-state index is -1.82. The maximum Gasteiger partial charge on any atom is 0.414 e. The Morgan fingerprint density at radius 1 is 1.04 bits per heavy atom. The van der Waals surface area contributed by atoms with E-state index >= 15 is 0 Å². The summed E-state index contributed by atoms with van der Waals surface area (Å²) < 4.78 is 6.57. The summed E-state index contributed by atoms with van der Waals surface area (Å²) in [5, 5.41) is 14.8. The normalized spacial score (nSPS) is 26.2. The van der Waals surface area contributed by atoms with Crippen molar-refractivity contribution in [2.75, 3.05) is 19.6 Å². The van der Waals surface area contributed by atoms with Gasteiger partial charge in [-0.25, -0.2) is 9.59 Å². The lowest BCUT2D eigenvalue weighted by Crippen LogP contribution is -2.41. The van der Waals surface area contributed by atoms with Crippen molar-refractivity contribution in [3.8, 4) is 5.75 Å². The first kappa shape index (κ1) is 20.6. The molecule has 0 unspecified atom stereocenters. The van der Waals surface area contributed by atoms with Gasteiger partial charge in [-0.1, -0.05) is 31.0 Å². The molecule has 0 spiro atoms. The molecule has 28 heavy (non-hydrogen) atoms. The van der Waals surface area contributed by atoms with E-state index in [1.54, 1.807) is 0 Å². The van der Waals surface area contributed by atoms with Gasteiger partial charge in [-0.3, -0.25) is 0 Å². The molecule has 1 aliphatic carbocycles. The Bertz CT molecular complexity index is 673. The van der Waals surface area contributed by atoms with Crippen LogP contribution in [0.15, 0.2) is 24.3 Å². The number of benzene rings is 1. The minimum absolute atomic E-state index is 0.123. The van der Waals surface area contributed by atoms with Gasteiger partial charge in [-0.2, -0.15) is 0 Å². The van der Waals surface area contributed by atoms with Crippen LogP contribution in [0.4, 0.5) is 0 Å². The van der Waals surface area contributed by atoms with Crippen molar-refractivity contribution >= 4 is 11.9 Å². The van der Waals surface area contributed by atoms with Crippen LogP contribution in [0.25, 0.3) is 0 Å². The molecule has 4 rings (SSSR count). The summed E-state index contributed by atoms with van der Waals surface area (Å²) in [6.07, 6.45) is 12.1. The van der Waals surface area contributed by atoms with Gasteiger partial charge in [-0.05, 0) is 70.6 Å². The van der Waals surface area contributed by atoms with Gasteiger partial charge in [0.15, 0.2) is 0 Å². The van der Waals surface area contributed by atoms with Gasteiger partial charge in [-0.15, -0.1) is 0 Å². The van der Waals surface area contributed by atoms with Crippen LogP contribution < -0.4 is 4.74 Å². The number of carbonyl (C=O) groups is 2. The number of para-hydroxylation sites is 1. The molecule has 1 saturated carbocycles. The van der Waals surface area contributed by atoms with Gasteiger partial charge in [0, 0.05) is 11.5 Å². The van der Waals surface area contributed by atoms with E-state index in [1.165, 1.54) is 88.7 Å². The number of hydrogen-bond acceptors (Lipinski definition) is 4. The summed E-state index contributed by atoms with van der Waals surface area (Å²) in [5.74, 6) is -1.82. The Kier molecular flexibility index (Phi) is 6.94. The first-order chi connectivity index (χ1) is 13.5. The highest BCUT2D eigenvalue weighted by Gasteiger charge is 2.48. The molecule has 1 saturated heterocycles. The number of nitrogens with zero attached hydrogens (tertiary/aromatic N) is 1. The molecule has 2 N–H and O–H groups in total. The third-order valence-corrected chi connectivity index (χ3v) is 6.29. The summed E-state index contributed by atoms with van der Waals surface area (Å²) in [6.45, 7) is 3.91. The fourth-order valence-electron chi connectivity index (χ4n) is 4.99. The van der Waals surface area contributed by atoms with Crippen molar-refractivity contribution in [3.63, 3.8) is 0 Å². The fraction of sp³-hybridized carbons (Fsp3) is 0.636. The highest BCUT2D eigenvalue weighted by molar-refractivity contribution is 6.27. The molecule has 6 nitrogen and oxygen atoms in total. The highest BCUT2D eigenvalue weighted by atomic mass is 16.5. The molecule has 2 atom stereocenters. The number of hydrogen-bond donors (Lipinski definition) is 2. The second-order valence-electron chi connectivity index (χ2n) is 8.12. The van der Waals surface area contributed by atoms with E-state index in [4.69, 9.17) is 24.5 Å².